The van der Waals surface area contributed by atoms with Crippen LogP contribution in [0.2, 0.25) is 0 Å². The highest BCUT2D eigenvalue weighted by molar-refractivity contribution is 5.91. The van der Waals surface area contributed by atoms with E-state index in [9.17, 15) is 10.1 Å². The number of nitrogens with zero attached hydrogens (tertiary/aromatic N) is 1. The first kappa shape index (κ1) is 22.6. The highest BCUT2D eigenvalue weighted by Gasteiger charge is 2.24. The fraction of sp³-hybridized carbons (Fsp3) is 0.0667. The van der Waals surface area contributed by atoms with Crippen LogP contribution in [0.5, 0.6) is 11.5 Å². The van der Waals surface area contributed by atoms with Crippen molar-refractivity contribution in [2.75, 3.05) is 7.11 Å². The Balaban J connectivity index is 1.56. The van der Waals surface area contributed by atoms with E-state index in [1.165, 1.54) is 0 Å². The van der Waals surface area contributed by atoms with Gasteiger partial charge in [0.1, 0.15) is 17.4 Å². The molecule has 0 saturated carbocycles. The maximum Gasteiger partial charge on any atom is 0.323 e. The lowest BCUT2D eigenvalue weighted by Gasteiger charge is -2.17. The molecule has 4 rings (SSSR count). The van der Waals surface area contributed by atoms with E-state index in [1.807, 2.05) is 97.1 Å². The molecule has 0 bridgehead atoms. The van der Waals surface area contributed by atoms with E-state index in [1.54, 1.807) is 25.3 Å². The van der Waals surface area contributed by atoms with Gasteiger partial charge in [-0.15, -0.1) is 0 Å². The van der Waals surface area contributed by atoms with Crippen LogP contribution in [0.3, 0.4) is 0 Å². The van der Waals surface area contributed by atoms with Crippen molar-refractivity contribution in [3.8, 4) is 17.6 Å². The van der Waals surface area contributed by atoms with Crippen molar-refractivity contribution in [2.45, 2.75) is 5.92 Å². The van der Waals surface area contributed by atoms with Crippen LogP contribution >= 0.6 is 0 Å². The number of para-hydroxylation sites is 1. The molecule has 0 N–H and O–H groups in total. The predicted molar refractivity (Wildman–Crippen MR) is 133 cm³/mol. The Hall–Kier alpha value is -4.62. The van der Waals surface area contributed by atoms with Crippen molar-refractivity contribution in [3.05, 3.63) is 131 Å². The van der Waals surface area contributed by atoms with Gasteiger partial charge in [-0.2, -0.15) is 5.26 Å². The molecule has 0 heterocycles. The maximum absolute atomic E-state index is 13.2. The first-order chi connectivity index (χ1) is 16.7. The van der Waals surface area contributed by atoms with Crippen LogP contribution in [-0.4, -0.2) is 13.1 Å². The largest absolute Gasteiger partial charge is 0.496 e. The second-order valence-corrected chi connectivity index (χ2v) is 7.61. The second kappa shape index (κ2) is 10.8. The third-order valence-electron chi connectivity index (χ3n) is 5.43. The van der Waals surface area contributed by atoms with Crippen LogP contribution in [0.15, 0.2) is 109 Å². The molecule has 0 saturated heterocycles. The van der Waals surface area contributed by atoms with E-state index < -0.39 is 5.92 Å². The zero-order valence-corrected chi connectivity index (χ0v) is 18.7. The van der Waals surface area contributed by atoms with Crippen molar-refractivity contribution in [2.24, 2.45) is 0 Å². The Morgan fingerprint density at radius 1 is 0.794 bits per heavy atom. The van der Waals surface area contributed by atoms with Gasteiger partial charge in [0.2, 0.25) is 0 Å². The van der Waals surface area contributed by atoms with E-state index in [-0.39, 0.29) is 5.97 Å². The van der Waals surface area contributed by atoms with Gasteiger partial charge in [0.05, 0.1) is 18.8 Å². The molecule has 0 aliphatic carbocycles. The third kappa shape index (κ3) is 5.23. The number of carbonyl (C=O) groups excluding carboxylic acids is 1. The van der Waals surface area contributed by atoms with E-state index in [0.717, 1.165) is 22.3 Å². The van der Waals surface area contributed by atoms with E-state index in [2.05, 4.69) is 6.07 Å². The number of rotatable bonds is 7. The number of hydrogen-bond acceptors (Lipinski definition) is 4. The summed E-state index contributed by atoms with van der Waals surface area (Å²) in [6.45, 7) is 0. The number of benzene rings is 4. The van der Waals surface area contributed by atoms with Crippen LogP contribution in [-0.2, 0) is 4.79 Å². The Kier molecular flexibility index (Phi) is 7.17. The smallest absolute Gasteiger partial charge is 0.323 e. The summed E-state index contributed by atoms with van der Waals surface area (Å²) >= 11 is 0. The normalized spacial score (nSPS) is 11.0. The Morgan fingerprint density at radius 2 is 1.35 bits per heavy atom. The predicted octanol–water partition coefficient (Wildman–Crippen LogP) is 6.50. The minimum atomic E-state index is -0.530. The molecule has 0 aliphatic heterocycles. The molecule has 4 aromatic carbocycles. The summed E-state index contributed by atoms with van der Waals surface area (Å²) in [6.07, 6.45) is 1.78. The zero-order valence-electron chi connectivity index (χ0n) is 18.7. The standard InChI is InChI=1S/C30H23NO3/c1-33-28-15-9-8-14-27(28)25(21-31)20-22-16-18-26(19-17-22)34-30(32)29(23-10-4-2-5-11-23)24-12-6-3-7-13-24/h2-20,29H,1H3/b25-20-. The minimum absolute atomic E-state index is 0.354. The Bertz CT molecular complexity index is 1280. The van der Waals surface area contributed by atoms with Gasteiger partial charge in [0, 0.05) is 5.56 Å². The van der Waals surface area contributed by atoms with Crippen molar-refractivity contribution in [3.63, 3.8) is 0 Å². The molecular weight excluding hydrogens is 422 g/mol. The lowest BCUT2D eigenvalue weighted by Crippen LogP contribution is -2.20. The third-order valence-corrected chi connectivity index (χ3v) is 5.43. The van der Waals surface area contributed by atoms with E-state index in [0.29, 0.717) is 17.1 Å². The minimum Gasteiger partial charge on any atom is -0.496 e. The SMILES string of the molecule is COc1ccccc1/C(C#N)=C\c1ccc(OC(=O)C(c2ccccc2)c2ccccc2)cc1. The quantitative estimate of drug-likeness (QED) is 0.141. The molecule has 4 aromatic rings. The molecule has 4 nitrogen and oxygen atoms in total. The van der Waals surface area contributed by atoms with Gasteiger partial charge in [0.25, 0.3) is 0 Å². The Morgan fingerprint density at radius 3 is 1.91 bits per heavy atom. The number of nitriles is 1. The summed E-state index contributed by atoms with van der Waals surface area (Å²) in [5, 5.41) is 9.67. The molecule has 0 unspecified atom stereocenters. The average Bonchev–Trinajstić information content (AvgIpc) is 2.89. The summed E-state index contributed by atoms with van der Waals surface area (Å²) in [5.74, 6) is 0.189. The highest BCUT2D eigenvalue weighted by Crippen LogP contribution is 2.29. The molecule has 0 aliphatic rings. The van der Waals surface area contributed by atoms with E-state index in [4.69, 9.17) is 9.47 Å². The second-order valence-electron chi connectivity index (χ2n) is 7.61. The summed E-state index contributed by atoms with van der Waals surface area (Å²) < 4.78 is 11.1. The molecule has 166 valence electrons. The average molecular weight is 446 g/mol. The van der Waals surface area contributed by atoms with Gasteiger partial charge in [-0.05, 0) is 47.0 Å². The molecule has 0 fully saturated rings. The van der Waals surface area contributed by atoms with Crippen LogP contribution in [0, 0.1) is 11.3 Å². The molecular formula is C30H23NO3. The monoisotopic (exact) mass is 445 g/mol. The summed E-state index contributed by atoms with van der Waals surface area (Å²) in [7, 11) is 1.58. The van der Waals surface area contributed by atoms with Gasteiger partial charge in [0.15, 0.2) is 0 Å². The number of ether oxygens (including phenoxy) is 2. The molecule has 0 atom stereocenters. The summed E-state index contributed by atoms with van der Waals surface area (Å²) in [4.78, 5) is 13.2. The van der Waals surface area contributed by atoms with Crippen molar-refractivity contribution < 1.29 is 14.3 Å². The Labute approximate surface area is 199 Å². The number of esters is 1. The summed E-state index contributed by atoms with van der Waals surface area (Å²) in [5.41, 5.74) is 3.75. The number of hydrogen-bond donors (Lipinski definition) is 0. The first-order valence-corrected chi connectivity index (χ1v) is 10.9. The van der Waals surface area contributed by atoms with Crippen LogP contribution < -0.4 is 9.47 Å². The molecule has 0 amide bonds. The molecule has 0 radical (unpaired) electrons. The maximum atomic E-state index is 13.2. The van der Waals surface area contributed by atoms with Crippen LogP contribution in [0.25, 0.3) is 11.6 Å². The van der Waals surface area contributed by atoms with Gasteiger partial charge >= 0.3 is 5.97 Å². The van der Waals surface area contributed by atoms with E-state index >= 15 is 0 Å². The van der Waals surface area contributed by atoms with Crippen molar-refractivity contribution >= 4 is 17.6 Å². The fourth-order valence-electron chi connectivity index (χ4n) is 3.77. The van der Waals surface area contributed by atoms with Crippen LogP contribution in [0.1, 0.15) is 28.2 Å². The van der Waals surface area contributed by atoms with Gasteiger partial charge in [-0.25, -0.2) is 0 Å². The van der Waals surface area contributed by atoms with Gasteiger partial charge in [-0.3, -0.25) is 4.79 Å². The fourth-order valence-corrected chi connectivity index (χ4v) is 3.77. The first-order valence-electron chi connectivity index (χ1n) is 10.9. The van der Waals surface area contributed by atoms with Crippen molar-refractivity contribution in [1.29, 1.82) is 5.26 Å². The number of allylic oxidation sites excluding steroid dienone is 1. The van der Waals surface area contributed by atoms with Gasteiger partial charge < -0.3 is 9.47 Å². The lowest BCUT2D eigenvalue weighted by molar-refractivity contribution is -0.135. The molecule has 4 heteroatoms. The molecule has 0 spiro atoms. The molecule has 0 aromatic heterocycles. The lowest BCUT2D eigenvalue weighted by atomic mass is 9.91. The number of methoxy groups -OCH3 is 1. The van der Waals surface area contributed by atoms with Crippen LogP contribution in [0.4, 0.5) is 0 Å². The molecule has 34 heavy (non-hydrogen) atoms. The topological polar surface area (TPSA) is 59.3 Å². The van der Waals surface area contributed by atoms with Gasteiger partial charge in [-0.1, -0.05) is 84.9 Å². The number of carbonyl (C=O) groups is 1. The summed E-state index contributed by atoms with van der Waals surface area (Å²) in [6, 6.07) is 35.9. The zero-order chi connectivity index (χ0) is 23.8. The van der Waals surface area contributed by atoms with Crippen molar-refractivity contribution in [1.82, 2.24) is 0 Å². The highest BCUT2D eigenvalue weighted by atomic mass is 16.5.